The first-order valence-corrected chi connectivity index (χ1v) is 6.71. The average molecular weight is 266 g/mol. The molecule has 1 fully saturated rings. The van der Waals surface area contributed by atoms with Crippen molar-refractivity contribution >= 4 is 11.6 Å². The molecule has 3 rings (SSSR count). The van der Waals surface area contributed by atoms with Crippen LogP contribution in [0.3, 0.4) is 0 Å². The van der Waals surface area contributed by atoms with Crippen molar-refractivity contribution in [2.75, 3.05) is 6.61 Å². The highest BCUT2D eigenvalue weighted by molar-refractivity contribution is 6.30. The first-order valence-electron chi connectivity index (χ1n) is 6.71. The monoisotopic (exact) mass is 266 g/mol. The Morgan fingerprint density at radius 2 is 1.95 bits per heavy atom. The topological polar surface area (TPSA) is 72.8 Å². The molecule has 0 saturated carbocycles. The summed E-state index contributed by atoms with van der Waals surface area (Å²) < 4.78 is 11.6. The van der Waals surface area contributed by atoms with Crippen LogP contribution in [0.15, 0.2) is 11.1 Å². The van der Waals surface area contributed by atoms with Crippen molar-refractivity contribution in [3.8, 4) is 0 Å². The molecule has 1 aliphatic carbocycles. The second kappa shape index (κ2) is 3.98. The molecule has 0 amide bonds. The van der Waals surface area contributed by atoms with E-state index in [0.29, 0.717) is 11.1 Å². The smallest absolute Gasteiger partial charge is 0.200 e. The zero-order valence-corrected chi connectivity index (χ0v) is 11.2. The van der Waals surface area contributed by atoms with Crippen LogP contribution in [0.4, 0.5) is 0 Å². The molecule has 1 saturated heterocycles. The van der Waals surface area contributed by atoms with E-state index < -0.39 is 23.0 Å². The highest BCUT2D eigenvalue weighted by atomic mass is 16.7. The van der Waals surface area contributed by atoms with E-state index in [0.717, 1.165) is 19.3 Å². The third kappa shape index (κ3) is 1.80. The minimum absolute atomic E-state index is 0.0583. The summed E-state index contributed by atoms with van der Waals surface area (Å²) >= 11 is 0. The Morgan fingerprint density at radius 1 is 1.26 bits per heavy atom. The summed E-state index contributed by atoms with van der Waals surface area (Å²) in [6, 6.07) is 0. The van der Waals surface area contributed by atoms with Gasteiger partial charge in [0.25, 0.3) is 0 Å². The van der Waals surface area contributed by atoms with E-state index >= 15 is 0 Å². The molecule has 0 aromatic rings. The third-order valence-electron chi connectivity index (χ3n) is 4.31. The number of carbonyl (C=O) groups excluding carboxylic acids is 2. The highest BCUT2D eigenvalue weighted by Crippen LogP contribution is 2.43. The molecule has 0 bridgehead atoms. The van der Waals surface area contributed by atoms with Crippen LogP contribution < -0.4 is 0 Å². The molecule has 104 valence electrons. The van der Waals surface area contributed by atoms with Gasteiger partial charge in [0.05, 0.1) is 12.7 Å². The van der Waals surface area contributed by atoms with Crippen LogP contribution >= 0.6 is 0 Å². The Kier molecular flexibility index (Phi) is 2.71. The van der Waals surface area contributed by atoms with E-state index in [1.54, 1.807) is 0 Å². The normalized spacial score (nSPS) is 43.0. The molecule has 1 N–H and O–H groups in total. The average Bonchev–Trinajstić information content (AvgIpc) is 2.51. The van der Waals surface area contributed by atoms with Crippen molar-refractivity contribution in [2.24, 2.45) is 0 Å². The maximum absolute atomic E-state index is 12.1. The lowest BCUT2D eigenvalue weighted by atomic mass is 9.91. The zero-order valence-electron chi connectivity index (χ0n) is 11.2. The summed E-state index contributed by atoms with van der Waals surface area (Å²) in [5, 5.41) is 9.96. The molecule has 0 radical (unpaired) electrons. The maximum atomic E-state index is 12.1. The van der Waals surface area contributed by atoms with Crippen molar-refractivity contribution in [1.82, 2.24) is 0 Å². The number of ether oxygens (including phenoxy) is 2. The molecule has 3 aliphatic rings. The Balaban J connectivity index is 1.91. The fourth-order valence-electron chi connectivity index (χ4n) is 3.21. The molecule has 1 spiro atoms. The predicted octanol–water partition coefficient (Wildman–Crippen LogP) is 0.891. The van der Waals surface area contributed by atoms with E-state index in [9.17, 15) is 14.7 Å². The fraction of sp³-hybridized carbons (Fsp3) is 0.714. The number of carbonyl (C=O) groups is 2. The summed E-state index contributed by atoms with van der Waals surface area (Å²) in [5.74, 6) is -1.80. The van der Waals surface area contributed by atoms with Crippen molar-refractivity contribution in [3.05, 3.63) is 11.1 Å². The van der Waals surface area contributed by atoms with E-state index in [1.165, 1.54) is 6.92 Å². The Hall–Kier alpha value is -1.04. The van der Waals surface area contributed by atoms with Gasteiger partial charge in [0.15, 0.2) is 17.2 Å². The van der Waals surface area contributed by atoms with Gasteiger partial charge in [-0.15, -0.1) is 0 Å². The Bertz CT molecular complexity index is 490. The number of aliphatic hydroxyl groups is 1. The number of hydrogen-bond donors (Lipinski definition) is 1. The number of ketones is 2. The molecular formula is C14H18O5. The summed E-state index contributed by atoms with van der Waals surface area (Å²) in [7, 11) is 0. The Morgan fingerprint density at radius 3 is 2.63 bits per heavy atom. The van der Waals surface area contributed by atoms with Gasteiger partial charge in [-0.3, -0.25) is 9.59 Å². The van der Waals surface area contributed by atoms with Gasteiger partial charge < -0.3 is 14.6 Å². The van der Waals surface area contributed by atoms with Crippen LogP contribution in [0.25, 0.3) is 0 Å². The molecule has 5 nitrogen and oxygen atoms in total. The molecule has 3 unspecified atom stereocenters. The van der Waals surface area contributed by atoms with Crippen LogP contribution in [0.5, 0.6) is 0 Å². The molecule has 5 heteroatoms. The predicted molar refractivity (Wildman–Crippen MR) is 65.4 cm³/mol. The second-order valence-corrected chi connectivity index (χ2v) is 5.88. The molecular weight excluding hydrogens is 248 g/mol. The highest BCUT2D eigenvalue weighted by Gasteiger charge is 2.54. The molecule has 2 aliphatic heterocycles. The van der Waals surface area contributed by atoms with Gasteiger partial charge in [-0.1, -0.05) is 0 Å². The molecule has 19 heavy (non-hydrogen) atoms. The van der Waals surface area contributed by atoms with Crippen molar-refractivity contribution in [3.63, 3.8) is 0 Å². The zero-order chi connectivity index (χ0) is 13.8. The number of hydrogen-bond acceptors (Lipinski definition) is 5. The van der Waals surface area contributed by atoms with E-state index in [2.05, 4.69) is 0 Å². The van der Waals surface area contributed by atoms with E-state index in [-0.39, 0.29) is 19.1 Å². The minimum atomic E-state index is -1.92. The lowest BCUT2D eigenvalue weighted by molar-refractivity contribution is -0.275. The molecule has 0 aromatic heterocycles. The van der Waals surface area contributed by atoms with Gasteiger partial charge in [-0.2, -0.15) is 0 Å². The van der Waals surface area contributed by atoms with Crippen LogP contribution in [0.2, 0.25) is 0 Å². The molecule has 0 aromatic carbocycles. The standard InChI is InChI=1S/C14H18O5/c1-8-4-3-5-14(19-8)6-9-10(7-18-14)12(16)13(2,17)11(9)15/h8,17H,3-7H2,1-2H3. The number of Topliss-reactive ketones (excluding diaryl/α,β-unsaturated/α-hetero) is 2. The van der Waals surface area contributed by atoms with Crippen molar-refractivity contribution in [1.29, 1.82) is 0 Å². The van der Waals surface area contributed by atoms with Gasteiger partial charge in [0.1, 0.15) is 0 Å². The van der Waals surface area contributed by atoms with E-state index in [4.69, 9.17) is 9.47 Å². The quantitative estimate of drug-likeness (QED) is 0.659. The van der Waals surface area contributed by atoms with Gasteiger partial charge in [-0.25, -0.2) is 0 Å². The Labute approximate surface area is 111 Å². The first-order chi connectivity index (χ1) is 8.86. The lowest BCUT2D eigenvalue weighted by Crippen LogP contribution is -2.45. The summed E-state index contributed by atoms with van der Waals surface area (Å²) in [5.41, 5.74) is -1.20. The summed E-state index contributed by atoms with van der Waals surface area (Å²) in [6.45, 7) is 3.29. The van der Waals surface area contributed by atoms with Gasteiger partial charge in [0, 0.05) is 24.0 Å². The minimum Gasteiger partial charge on any atom is -0.374 e. The van der Waals surface area contributed by atoms with E-state index in [1.807, 2.05) is 6.92 Å². The molecule has 2 heterocycles. The second-order valence-electron chi connectivity index (χ2n) is 5.88. The van der Waals surface area contributed by atoms with Crippen LogP contribution in [-0.4, -0.2) is 40.8 Å². The van der Waals surface area contributed by atoms with Crippen molar-refractivity contribution < 1.29 is 24.2 Å². The van der Waals surface area contributed by atoms with Gasteiger partial charge in [0.2, 0.25) is 5.78 Å². The number of rotatable bonds is 0. The van der Waals surface area contributed by atoms with Crippen LogP contribution in [-0.2, 0) is 19.1 Å². The lowest BCUT2D eigenvalue weighted by Gasteiger charge is -2.42. The third-order valence-corrected chi connectivity index (χ3v) is 4.31. The van der Waals surface area contributed by atoms with Gasteiger partial charge in [-0.05, 0) is 26.7 Å². The fourth-order valence-corrected chi connectivity index (χ4v) is 3.21. The van der Waals surface area contributed by atoms with Crippen molar-refractivity contribution in [2.45, 2.75) is 57.0 Å². The first kappa shape index (κ1) is 13.0. The molecule has 3 atom stereocenters. The largest absolute Gasteiger partial charge is 0.374 e. The summed E-state index contributed by atoms with van der Waals surface area (Å²) in [4.78, 5) is 24.1. The SMILES string of the molecule is CC1CCCC2(CC3=C(CO2)C(=O)C(C)(O)C3=O)O1. The summed E-state index contributed by atoms with van der Waals surface area (Å²) in [6.07, 6.45) is 3.03. The maximum Gasteiger partial charge on any atom is 0.200 e. The van der Waals surface area contributed by atoms with Gasteiger partial charge >= 0.3 is 0 Å². The van der Waals surface area contributed by atoms with Crippen LogP contribution in [0.1, 0.15) is 39.5 Å². The van der Waals surface area contributed by atoms with Crippen LogP contribution in [0, 0.1) is 0 Å².